The summed E-state index contributed by atoms with van der Waals surface area (Å²) < 4.78 is -0.180. The molecule has 0 aliphatic heterocycles. The van der Waals surface area contributed by atoms with Gasteiger partial charge in [0.15, 0.2) is 0 Å². The van der Waals surface area contributed by atoms with Crippen LogP contribution < -0.4 is 5.32 Å². The molecule has 98 valence electrons. The first-order valence-corrected chi connectivity index (χ1v) is 8.05. The fourth-order valence-electron chi connectivity index (χ4n) is 2.76. The van der Waals surface area contributed by atoms with E-state index in [1.165, 1.54) is 12.8 Å². The average Bonchev–Trinajstić information content (AvgIpc) is 2.75. The Labute approximate surface area is 121 Å². The van der Waals surface area contributed by atoms with Crippen LogP contribution in [0.15, 0.2) is 0 Å². The predicted octanol–water partition coefficient (Wildman–Crippen LogP) is 3.82. The Balaban J connectivity index is 1.95. The van der Waals surface area contributed by atoms with Crippen LogP contribution >= 0.6 is 31.9 Å². The summed E-state index contributed by atoms with van der Waals surface area (Å²) in [4.78, 5) is 12.3. The molecular formula is C13H21Br2NO. The summed E-state index contributed by atoms with van der Waals surface area (Å²) in [5.74, 6) is 1.51. The maximum atomic E-state index is 12.3. The summed E-state index contributed by atoms with van der Waals surface area (Å²) in [5.41, 5.74) is -0.284. The number of alkyl halides is 2. The highest BCUT2D eigenvalue weighted by molar-refractivity contribution is 9.25. The number of carbonyl (C=O) groups is 1. The van der Waals surface area contributed by atoms with Crippen molar-refractivity contribution in [3.8, 4) is 0 Å². The zero-order chi connectivity index (χ0) is 12.8. The first-order valence-electron chi connectivity index (χ1n) is 6.47. The molecule has 0 heterocycles. The van der Waals surface area contributed by atoms with Crippen LogP contribution in [-0.4, -0.2) is 15.2 Å². The molecule has 2 fully saturated rings. The SMILES string of the molecule is C[C@@H]1[C@H](C)CCC[C@H]1NC(=O)[C@@]1(C)CC1(Br)Br. The van der Waals surface area contributed by atoms with E-state index in [9.17, 15) is 4.79 Å². The minimum Gasteiger partial charge on any atom is -0.353 e. The maximum absolute atomic E-state index is 12.3. The van der Waals surface area contributed by atoms with Gasteiger partial charge >= 0.3 is 0 Å². The van der Waals surface area contributed by atoms with E-state index in [4.69, 9.17) is 0 Å². The van der Waals surface area contributed by atoms with Crippen LogP contribution in [-0.2, 0) is 4.79 Å². The Morgan fingerprint density at radius 3 is 2.41 bits per heavy atom. The van der Waals surface area contributed by atoms with Crippen LogP contribution in [0.25, 0.3) is 0 Å². The van der Waals surface area contributed by atoms with Crippen molar-refractivity contribution < 1.29 is 4.79 Å². The number of hydrogen-bond acceptors (Lipinski definition) is 1. The zero-order valence-corrected chi connectivity index (χ0v) is 13.9. The molecule has 4 heteroatoms. The molecule has 2 aliphatic rings. The van der Waals surface area contributed by atoms with Gasteiger partial charge in [0.1, 0.15) is 0 Å². The normalized spacial score (nSPS) is 44.2. The van der Waals surface area contributed by atoms with Crippen LogP contribution in [0.1, 0.15) is 46.5 Å². The third kappa shape index (κ3) is 2.44. The lowest BCUT2D eigenvalue weighted by Crippen LogP contribution is -2.46. The van der Waals surface area contributed by atoms with Crippen molar-refractivity contribution in [3.63, 3.8) is 0 Å². The van der Waals surface area contributed by atoms with Gasteiger partial charge in [-0.15, -0.1) is 0 Å². The van der Waals surface area contributed by atoms with Gasteiger partial charge in [-0.3, -0.25) is 4.79 Å². The van der Waals surface area contributed by atoms with E-state index in [2.05, 4.69) is 51.0 Å². The number of nitrogens with one attached hydrogen (secondary N) is 1. The molecule has 0 aromatic rings. The van der Waals surface area contributed by atoms with Gasteiger partial charge in [-0.2, -0.15) is 0 Å². The lowest BCUT2D eigenvalue weighted by Gasteiger charge is -2.35. The Hall–Kier alpha value is 0.430. The Bertz CT molecular complexity index is 331. The van der Waals surface area contributed by atoms with Crippen molar-refractivity contribution in [2.45, 2.75) is 55.7 Å². The molecule has 1 N–H and O–H groups in total. The van der Waals surface area contributed by atoms with E-state index >= 15 is 0 Å². The highest BCUT2D eigenvalue weighted by Gasteiger charge is 2.66. The van der Waals surface area contributed by atoms with E-state index < -0.39 is 0 Å². The van der Waals surface area contributed by atoms with E-state index in [1.807, 2.05) is 6.92 Å². The van der Waals surface area contributed by atoms with Gasteiger partial charge in [0, 0.05) is 6.04 Å². The summed E-state index contributed by atoms with van der Waals surface area (Å²) in [7, 11) is 0. The third-order valence-electron chi connectivity index (χ3n) is 4.78. The minimum absolute atomic E-state index is 0.180. The van der Waals surface area contributed by atoms with E-state index in [0.29, 0.717) is 12.0 Å². The number of halogens is 2. The second-order valence-corrected chi connectivity index (χ2v) is 9.83. The van der Waals surface area contributed by atoms with Crippen molar-refractivity contribution in [1.29, 1.82) is 0 Å². The second kappa shape index (κ2) is 4.52. The third-order valence-corrected chi connectivity index (χ3v) is 7.09. The molecule has 2 rings (SSSR count). The molecule has 0 saturated heterocycles. The first kappa shape index (κ1) is 13.9. The fourth-order valence-corrected chi connectivity index (χ4v) is 4.24. The fraction of sp³-hybridized carbons (Fsp3) is 0.923. The molecule has 0 unspecified atom stereocenters. The van der Waals surface area contributed by atoms with Crippen molar-refractivity contribution in [3.05, 3.63) is 0 Å². The summed E-state index contributed by atoms with van der Waals surface area (Å²) >= 11 is 7.11. The Morgan fingerprint density at radius 2 is 1.88 bits per heavy atom. The van der Waals surface area contributed by atoms with Gasteiger partial charge in [-0.25, -0.2) is 0 Å². The zero-order valence-electron chi connectivity index (χ0n) is 10.7. The molecule has 0 aromatic heterocycles. The first-order chi connectivity index (χ1) is 7.78. The van der Waals surface area contributed by atoms with Crippen molar-refractivity contribution in [2.75, 3.05) is 0 Å². The van der Waals surface area contributed by atoms with Crippen LogP contribution in [0.5, 0.6) is 0 Å². The Kier molecular flexibility index (Phi) is 3.68. The number of rotatable bonds is 2. The van der Waals surface area contributed by atoms with Crippen LogP contribution in [0.4, 0.5) is 0 Å². The molecule has 0 bridgehead atoms. The quantitative estimate of drug-likeness (QED) is 0.739. The molecule has 1 amide bonds. The minimum atomic E-state index is -0.284. The van der Waals surface area contributed by atoms with Gasteiger partial charge in [-0.05, 0) is 31.6 Å². The summed E-state index contributed by atoms with van der Waals surface area (Å²) in [6.45, 7) is 6.57. The molecule has 0 radical (unpaired) electrons. The number of carbonyl (C=O) groups excluding carboxylic acids is 1. The van der Waals surface area contributed by atoms with E-state index in [1.54, 1.807) is 0 Å². The van der Waals surface area contributed by atoms with E-state index in [0.717, 1.165) is 18.8 Å². The molecular weight excluding hydrogens is 346 g/mol. The van der Waals surface area contributed by atoms with Gasteiger partial charge in [0.05, 0.1) is 8.65 Å². The topological polar surface area (TPSA) is 29.1 Å². The van der Waals surface area contributed by atoms with Gasteiger partial charge in [-0.1, -0.05) is 58.5 Å². The standard InChI is InChI=1S/C13H21Br2NO/c1-8-5-4-6-10(9(8)2)16-11(17)12(3)7-13(12,14)15/h8-10H,4-7H2,1-3H3,(H,16,17)/t8-,9-,10-,12-/m1/s1. The van der Waals surface area contributed by atoms with Crippen LogP contribution in [0.3, 0.4) is 0 Å². The van der Waals surface area contributed by atoms with Gasteiger partial charge < -0.3 is 5.32 Å². The molecule has 2 aliphatic carbocycles. The molecule has 2 saturated carbocycles. The van der Waals surface area contributed by atoms with Crippen molar-refractivity contribution in [2.24, 2.45) is 17.3 Å². The molecule has 0 aromatic carbocycles. The largest absolute Gasteiger partial charge is 0.353 e. The van der Waals surface area contributed by atoms with Crippen LogP contribution in [0, 0.1) is 17.3 Å². The van der Waals surface area contributed by atoms with E-state index in [-0.39, 0.29) is 14.6 Å². The smallest absolute Gasteiger partial charge is 0.228 e. The summed E-state index contributed by atoms with van der Waals surface area (Å²) in [6, 6.07) is 0.361. The maximum Gasteiger partial charge on any atom is 0.228 e. The van der Waals surface area contributed by atoms with Crippen molar-refractivity contribution in [1.82, 2.24) is 5.32 Å². The van der Waals surface area contributed by atoms with Gasteiger partial charge in [0.2, 0.25) is 5.91 Å². The molecule has 0 spiro atoms. The highest BCUT2D eigenvalue weighted by Crippen LogP contribution is 2.66. The number of hydrogen-bond donors (Lipinski definition) is 1. The van der Waals surface area contributed by atoms with Crippen LogP contribution in [0.2, 0.25) is 0 Å². The lowest BCUT2D eigenvalue weighted by atomic mass is 9.78. The molecule has 17 heavy (non-hydrogen) atoms. The number of amides is 1. The van der Waals surface area contributed by atoms with Crippen molar-refractivity contribution >= 4 is 37.8 Å². The highest BCUT2D eigenvalue weighted by atomic mass is 79.9. The lowest BCUT2D eigenvalue weighted by molar-refractivity contribution is -0.127. The summed E-state index contributed by atoms with van der Waals surface area (Å²) in [6.07, 6.45) is 4.53. The second-order valence-electron chi connectivity index (χ2n) is 6.06. The molecule has 2 nitrogen and oxygen atoms in total. The average molecular weight is 367 g/mol. The monoisotopic (exact) mass is 365 g/mol. The van der Waals surface area contributed by atoms with Gasteiger partial charge in [0.25, 0.3) is 0 Å². The summed E-state index contributed by atoms with van der Waals surface area (Å²) in [5, 5.41) is 3.26. The molecule has 4 atom stereocenters. The Morgan fingerprint density at radius 1 is 1.29 bits per heavy atom. The predicted molar refractivity (Wildman–Crippen MR) is 77.4 cm³/mol.